The largest absolute Gasteiger partial charge is 0.306 e. The molecule has 0 spiro atoms. The molecule has 1 fully saturated rings. The molecule has 0 amide bonds. The summed E-state index contributed by atoms with van der Waals surface area (Å²) in [6.45, 7) is 9.93. The van der Waals surface area contributed by atoms with Crippen molar-refractivity contribution in [3.8, 4) is 0 Å². The normalized spacial score (nSPS) is 28.3. The van der Waals surface area contributed by atoms with Crippen molar-refractivity contribution in [1.82, 2.24) is 10.3 Å². The molecule has 2 rings (SSSR count). The van der Waals surface area contributed by atoms with Gasteiger partial charge in [-0.3, -0.25) is 0 Å². The molecule has 1 aliphatic carbocycles. The first-order chi connectivity index (χ1) is 9.11. The van der Waals surface area contributed by atoms with Gasteiger partial charge in [0.25, 0.3) is 0 Å². The van der Waals surface area contributed by atoms with Gasteiger partial charge in [0, 0.05) is 4.88 Å². The Morgan fingerprint density at radius 3 is 2.63 bits per heavy atom. The summed E-state index contributed by atoms with van der Waals surface area (Å²) in [5.41, 5.74) is 1.37. The van der Waals surface area contributed by atoms with Crippen molar-refractivity contribution in [1.29, 1.82) is 0 Å². The minimum atomic E-state index is 0.155. The van der Waals surface area contributed by atoms with E-state index in [4.69, 9.17) is 4.98 Å². The van der Waals surface area contributed by atoms with Crippen molar-refractivity contribution in [3.05, 3.63) is 15.6 Å². The number of aromatic nitrogens is 1. The van der Waals surface area contributed by atoms with Crippen molar-refractivity contribution >= 4 is 11.3 Å². The Morgan fingerprint density at radius 2 is 2.05 bits per heavy atom. The Kier molecular flexibility index (Phi) is 5.02. The van der Waals surface area contributed by atoms with E-state index in [2.05, 4.69) is 33.0 Å². The lowest BCUT2D eigenvalue weighted by molar-refractivity contribution is 0.290. The Hall–Kier alpha value is -0.410. The first-order valence-corrected chi connectivity index (χ1v) is 8.62. The van der Waals surface area contributed by atoms with Crippen LogP contribution < -0.4 is 5.32 Å². The molecule has 1 aromatic heterocycles. The maximum absolute atomic E-state index is 4.87. The molecule has 1 aliphatic rings. The molecule has 0 radical (unpaired) electrons. The summed E-state index contributed by atoms with van der Waals surface area (Å²) >= 11 is 1.90. The van der Waals surface area contributed by atoms with Crippen molar-refractivity contribution in [2.24, 2.45) is 5.92 Å². The topological polar surface area (TPSA) is 24.9 Å². The van der Waals surface area contributed by atoms with E-state index in [0.29, 0.717) is 0 Å². The number of nitrogens with one attached hydrogen (secondary N) is 1. The molecule has 2 unspecified atom stereocenters. The molecule has 1 heterocycles. The molecular formula is C16H28N2S. The molecule has 2 atom stereocenters. The first kappa shape index (κ1) is 15.0. The molecular weight excluding hydrogens is 252 g/mol. The smallest absolute Gasteiger partial charge is 0.113 e. The fraction of sp³-hybridized carbons (Fsp3) is 0.812. The van der Waals surface area contributed by atoms with Gasteiger partial charge >= 0.3 is 0 Å². The van der Waals surface area contributed by atoms with E-state index >= 15 is 0 Å². The average Bonchev–Trinajstić information content (AvgIpc) is 2.64. The summed E-state index contributed by atoms with van der Waals surface area (Å²) in [6, 6.07) is 0. The molecule has 1 aromatic rings. The average molecular weight is 280 g/mol. The highest BCUT2D eigenvalue weighted by atomic mass is 32.1. The van der Waals surface area contributed by atoms with Crippen LogP contribution in [0.15, 0.2) is 0 Å². The highest BCUT2D eigenvalue weighted by Gasteiger charge is 2.36. The van der Waals surface area contributed by atoms with Gasteiger partial charge in [0.2, 0.25) is 0 Å². The number of hydrogen-bond donors (Lipinski definition) is 1. The highest BCUT2D eigenvalue weighted by Crippen LogP contribution is 2.40. The van der Waals surface area contributed by atoms with E-state index < -0.39 is 0 Å². The van der Waals surface area contributed by atoms with Gasteiger partial charge in [-0.25, -0.2) is 4.98 Å². The maximum Gasteiger partial charge on any atom is 0.113 e. The Labute approximate surface area is 122 Å². The molecule has 0 aromatic carbocycles. The molecule has 0 aliphatic heterocycles. The van der Waals surface area contributed by atoms with Gasteiger partial charge < -0.3 is 5.32 Å². The van der Waals surface area contributed by atoms with Gasteiger partial charge in [0.05, 0.1) is 11.2 Å². The van der Waals surface area contributed by atoms with E-state index in [1.807, 2.05) is 11.3 Å². The van der Waals surface area contributed by atoms with Gasteiger partial charge in [-0.05, 0) is 45.6 Å². The molecule has 1 N–H and O–H groups in total. The SMILES string of the molecule is CCNC1(c2nc(C)c(C)s2)CCCC(CC)CC1. The van der Waals surface area contributed by atoms with Crippen LogP contribution in [0, 0.1) is 19.8 Å². The zero-order chi connectivity index (χ0) is 13.9. The van der Waals surface area contributed by atoms with Crippen LogP contribution in [0.3, 0.4) is 0 Å². The van der Waals surface area contributed by atoms with E-state index in [1.165, 1.54) is 54.1 Å². The fourth-order valence-corrected chi connectivity index (χ4v) is 4.44. The Bertz CT molecular complexity index is 393. The number of nitrogens with zero attached hydrogens (tertiary/aromatic N) is 1. The predicted octanol–water partition coefficient (Wildman–Crippen LogP) is 4.56. The number of hydrogen-bond acceptors (Lipinski definition) is 3. The summed E-state index contributed by atoms with van der Waals surface area (Å²) in [5, 5.41) is 5.12. The summed E-state index contributed by atoms with van der Waals surface area (Å²) in [6.07, 6.45) is 7.92. The first-order valence-electron chi connectivity index (χ1n) is 7.81. The number of rotatable bonds is 4. The van der Waals surface area contributed by atoms with Crippen molar-refractivity contribution < 1.29 is 0 Å². The quantitative estimate of drug-likeness (QED) is 0.818. The lowest BCUT2D eigenvalue weighted by Crippen LogP contribution is -2.42. The van der Waals surface area contributed by atoms with E-state index in [0.717, 1.165) is 12.5 Å². The van der Waals surface area contributed by atoms with Crippen LogP contribution in [0.1, 0.15) is 68.0 Å². The fourth-order valence-electron chi connectivity index (χ4n) is 3.30. The van der Waals surface area contributed by atoms with Gasteiger partial charge in [0.15, 0.2) is 0 Å². The van der Waals surface area contributed by atoms with Gasteiger partial charge in [-0.2, -0.15) is 0 Å². The van der Waals surface area contributed by atoms with Crippen LogP contribution in [0.2, 0.25) is 0 Å². The van der Waals surface area contributed by atoms with Gasteiger partial charge in [0.1, 0.15) is 5.01 Å². The Balaban J connectivity index is 2.26. The third-order valence-electron chi connectivity index (χ3n) is 4.73. The summed E-state index contributed by atoms with van der Waals surface area (Å²) in [4.78, 5) is 6.25. The second-order valence-corrected chi connectivity index (χ2v) is 7.18. The summed E-state index contributed by atoms with van der Waals surface area (Å²) in [5.74, 6) is 0.919. The molecule has 108 valence electrons. The maximum atomic E-state index is 4.87. The summed E-state index contributed by atoms with van der Waals surface area (Å²) < 4.78 is 0. The highest BCUT2D eigenvalue weighted by molar-refractivity contribution is 7.11. The van der Waals surface area contributed by atoms with Gasteiger partial charge in [-0.15, -0.1) is 11.3 Å². The molecule has 2 nitrogen and oxygen atoms in total. The Morgan fingerprint density at radius 1 is 1.26 bits per heavy atom. The van der Waals surface area contributed by atoms with Crippen LogP contribution in [-0.2, 0) is 5.54 Å². The van der Waals surface area contributed by atoms with E-state index in [1.54, 1.807) is 0 Å². The second kappa shape index (κ2) is 6.36. The van der Waals surface area contributed by atoms with Crippen LogP contribution in [0.25, 0.3) is 0 Å². The molecule has 0 bridgehead atoms. The zero-order valence-corrected chi connectivity index (χ0v) is 13.7. The standard InChI is InChI=1S/C16H28N2S/c1-5-14-8-7-10-16(11-9-14,17-6-2)15-18-12(3)13(4)19-15/h14,17H,5-11H2,1-4H3. The number of thiazole rings is 1. The van der Waals surface area contributed by atoms with Crippen LogP contribution in [0.4, 0.5) is 0 Å². The van der Waals surface area contributed by atoms with Crippen LogP contribution >= 0.6 is 11.3 Å². The van der Waals surface area contributed by atoms with Crippen LogP contribution in [0.5, 0.6) is 0 Å². The minimum absolute atomic E-state index is 0.155. The summed E-state index contributed by atoms with van der Waals surface area (Å²) in [7, 11) is 0. The molecule has 3 heteroatoms. The van der Waals surface area contributed by atoms with Crippen molar-refractivity contribution in [2.45, 2.75) is 71.8 Å². The molecule has 0 saturated heterocycles. The second-order valence-electron chi connectivity index (χ2n) is 5.98. The van der Waals surface area contributed by atoms with Gasteiger partial charge in [-0.1, -0.05) is 33.1 Å². The van der Waals surface area contributed by atoms with Crippen molar-refractivity contribution in [3.63, 3.8) is 0 Å². The minimum Gasteiger partial charge on any atom is -0.306 e. The lowest BCUT2D eigenvalue weighted by atomic mass is 9.89. The lowest BCUT2D eigenvalue weighted by Gasteiger charge is -2.32. The van der Waals surface area contributed by atoms with E-state index in [-0.39, 0.29) is 5.54 Å². The van der Waals surface area contributed by atoms with Crippen LogP contribution in [-0.4, -0.2) is 11.5 Å². The molecule has 1 saturated carbocycles. The number of aryl methyl sites for hydroxylation is 2. The third kappa shape index (κ3) is 3.19. The molecule has 19 heavy (non-hydrogen) atoms. The third-order valence-corrected chi connectivity index (χ3v) is 6.00. The zero-order valence-electron chi connectivity index (χ0n) is 12.9. The predicted molar refractivity (Wildman–Crippen MR) is 83.8 cm³/mol. The monoisotopic (exact) mass is 280 g/mol. The van der Waals surface area contributed by atoms with Crippen molar-refractivity contribution in [2.75, 3.05) is 6.54 Å². The van der Waals surface area contributed by atoms with E-state index in [9.17, 15) is 0 Å².